The van der Waals surface area contributed by atoms with E-state index >= 15 is 0 Å². The van der Waals surface area contributed by atoms with Crippen LogP contribution in [0, 0.1) is 0 Å². The zero-order valence-corrected chi connectivity index (χ0v) is 16.2. The monoisotopic (exact) mass is 359 g/mol. The van der Waals surface area contributed by atoms with Gasteiger partial charge in [-0.15, -0.1) is 11.3 Å². The van der Waals surface area contributed by atoms with Gasteiger partial charge in [-0.3, -0.25) is 9.69 Å². The fourth-order valence-corrected chi connectivity index (χ4v) is 5.29. The molecule has 0 bridgehead atoms. The van der Waals surface area contributed by atoms with E-state index in [1.54, 1.807) is 11.3 Å². The lowest BCUT2D eigenvalue weighted by atomic mass is 9.94. The van der Waals surface area contributed by atoms with Gasteiger partial charge in [-0.05, 0) is 32.8 Å². The maximum Gasteiger partial charge on any atom is 0.264 e. The van der Waals surface area contributed by atoms with Crippen LogP contribution in [0.4, 0.5) is 0 Å². The number of aromatic nitrogens is 1. The van der Waals surface area contributed by atoms with Gasteiger partial charge in [0, 0.05) is 56.0 Å². The zero-order valence-electron chi connectivity index (χ0n) is 15.4. The highest BCUT2D eigenvalue weighted by molar-refractivity contribution is 7.20. The minimum Gasteiger partial charge on any atom is -0.350 e. The lowest BCUT2D eigenvalue weighted by Gasteiger charge is -2.40. The van der Waals surface area contributed by atoms with Gasteiger partial charge in [-0.2, -0.15) is 0 Å². The Morgan fingerprint density at radius 3 is 2.44 bits per heavy atom. The quantitative estimate of drug-likeness (QED) is 0.814. The molecule has 1 aliphatic carbocycles. The van der Waals surface area contributed by atoms with Crippen molar-refractivity contribution < 1.29 is 4.79 Å². The number of amides is 1. The first kappa shape index (κ1) is 17.1. The van der Waals surface area contributed by atoms with E-state index in [4.69, 9.17) is 0 Å². The normalized spacial score (nSPS) is 20.7. The van der Waals surface area contributed by atoms with Gasteiger partial charge in [-0.1, -0.05) is 19.3 Å². The summed E-state index contributed by atoms with van der Waals surface area (Å²) in [6.45, 7) is 8.21. The van der Waals surface area contributed by atoms with Gasteiger partial charge in [-0.25, -0.2) is 0 Å². The standard InChI is InChI=1S/C20H29N3OS/c1-15(2)23-13-16-12-18(25-19(16)14-23)20(24)22-10-8-21(9-11-22)17-6-4-3-5-7-17/h12-15,17H,3-11H2,1-2H3. The SMILES string of the molecule is CC(C)n1cc2cc(C(=O)N3CCN(C4CCCCC4)CC3)sc2c1. The van der Waals surface area contributed by atoms with Gasteiger partial charge in [0.25, 0.3) is 5.91 Å². The summed E-state index contributed by atoms with van der Waals surface area (Å²) >= 11 is 1.64. The Balaban J connectivity index is 1.39. The molecule has 0 spiro atoms. The summed E-state index contributed by atoms with van der Waals surface area (Å²) in [4.78, 5) is 18.5. The number of piperazine rings is 1. The van der Waals surface area contributed by atoms with Crippen molar-refractivity contribution in [2.45, 2.75) is 58.0 Å². The van der Waals surface area contributed by atoms with Crippen molar-refractivity contribution in [3.05, 3.63) is 23.3 Å². The van der Waals surface area contributed by atoms with Crippen LogP contribution in [0.15, 0.2) is 18.5 Å². The van der Waals surface area contributed by atoms with Gasteiger partial charge >= 0.3 is 0 Å². The predicted molar refractivity (Wildman–Crippen MR) is 105 cm³/mol. The first-order valence-electron chi connectivity index (χ1n) is 9.76. The van der Waals surface area contributed by atoms with Crippen molar-refractivity contribution in [1.29, 1.82) is 0 Å². The highest BCUT2D eigenvalue weighted by Crippen LogP contribution is 2.29. The minimum atomic E-state index is 0.223. The summed E-state index contributed by atoms with van der Waals surface area (Å²) in [5.41, 5.74) is 0. The molecule has 4 nitrogen and oxygen atoms in total. The molecule has 0 radical (unpaired) electrons. The predicted octanol–water partition coefficient (Wildman–Crippen LogP) is 4.37. The third kappa shape index (κ3) is 3.49. The Kier molecular flexibility index (Phi) is 4.87. The van der Waals surface area contributed by atoms with Gasteiger partial charge in [0.15, 0.2) is 0 Å². The second-order valence-electron chi connectivity index (χ2n) is 7.85. The number of thiophene rings is 1. The van der Waals surface area contributed by atoms with Crippen LogP contribution in [0.3, 0.4) is 0 Å². The highest BCUT2D eigenvalue weighted by Gasteiger charge is 2.28. The van der Waals surface area contributed by atoms with E-state index in [-0.39, 0.29) is 5.91 Å². The van der Waals surface area contributed by atoms with Gasteiger partial charge in [0.2, 0.25) is 0 Å². The topological polar surface area (TPSA) is 28.5 Å². The second kappa shape index (κ2) is 7.12. The molecule has 4 rings (SSSR count). The molecule has 2 aromatic heterocycles. The van der Waals surface area contributed by atoms with Crippen LogP contribution in [0.5, 0.6) is 0 Å². The molecule has 25 heavy (non-hydrogen) atoms. The van der Waals surface area contributed by atoms with Gasteiger partial charge < -0.3 is 9.47 Å². The summed E-state index contributed by atoms with van der Waals surface area (Å²) in [5, 5.41) is 1.20. The number of nitrogens with zero attached hydrogens (tertiary/aromatic N) is 3. The van der Waals surface area contributed by atoms with Crippen LogP contribution >= 0.6 is 11.3 Å². The Morgan fingerprint density at radius 2 is 1.80 bits per heavy atom. The smallest absolute Gasteiger partial charge is 0.264 e. The number of fused-ring (bicyclic) bond motifs is 1. The summed E-state index contributed by atoms with van der Waals surface area (Å²) in [5.74, 6) is 0.223. The van der Waals surface area contributed by atoms with Crippen LogP contribution in [-0.2, 0) is 0 Å². The number of carbonyl (C=O) groups excluding carboxylic acids is 1. The number of carbonyl (C=O) groups is 1. The number of hydrogen-bond acceptors (Lipinski definition) is 3. The van der Waals surface area contributed by atoms with Crippen molar-refractivity contribution in [1.82, 2.24) is 14.4 Å². The molecule has 1 saturated carbocycles. The van der Waals surface area contributed by atoms with E-state index in [2.05, 4.69) is 46.7 Å². The Bertz CT molecular complexity index is 702. The number of hydrogen-bond donors (Lipinski definition) is 0. The average Bonchev–Trinajstić information content (AvgIpc) is 3.21. The molecule has 136 valence electrons. The molecular weight excluding hydrogens is 330 g/mol. The molecule has 2 aromatic rings. The Hall–Kier alpha value is -1.33. The third-order valence-electron chi connectivity index (χ3n) is 5.85. The molecule has 0 N–H and O–H groups in total. The van der Waals surface area contributed by atoms with Gasteiger partial charge in [0.05, 0.1) is 9.58 Å². The van der Waals surface area contributed by atoms with E-state index < -0.39 is 0 Å². The van der Waals surface area contributed by atoms with E-state index in [9.17, 15) is 4.79 Å². The van der Waals surface area contributed by atoms with E-state index in [0.717, 1.165) is 37.1 Å². The highest BCUT2D eigenvalue weighted by atomic mass is 32.1. The van der Waals surface area contributed by atoms with Crippen molar-refractivity contribution in [2.75, 3.05) is 26.2 Å². The zero-order chi connectivity index (χ0) is 17.4. The number of rotatable bonds is 3. The maximum absolute atomic E-state index is 12.9. The van der Waals surface area contributed by atoms with Crippen LogP contribution in [0.2, 0.25) is 0 Å². The minimum absolute atomic E-state index is 0.223. The third-order valence-corrected chi connectivity index (χ3v) is 6.92. The summed E-state index contributed by atoms with van der Waals surface area (Å²) in [7, 11) is 0. The van der Waals surface area contributed by atoms with Crippen molar-refractivity contribution in [3.63, 3.8) is 0 Å². The Labute approximate surface area is 154 Å². The fourth-order valence-electron chi connectivity index (χ4n) is 4.25. The molecule has 1 saturated heterocycles. The van der Waals surface area contributed by atoms with Crippen LogP contribution in [0.1, 0.15) is 61.7 Å². The lowest BCUT2D eigenvalue weighted by Crippen LogP contribution is -2.52. The lowest BCUT2D eigenvalue weighted by molar-refractivity contribution is 0.0527. The first-order valence-corrected chi connectivity index (χ1v) is 10.6. The van der Waals surface area contributed by atoms with E-state index in [1.165, 1.54) is 42.2 Å². The second-order valence-corrected chi connectivity index (χ2v) is 8.93. The van der Waals surface area contributed by atoms with Crippen molar-refractivity contribution >= 4 is 27.3 Å². The van der Waals surface area contributed by atoms with Crippen LogP contribution in [0.25, 0.3) is 10.1 Å². The van der Waals surface area contributed by atoms with Crippen LogP contribution in [-0.4, -0.2) is 52.5 Å². The molecule has 2 fully saturated rings. The summed E-state index contributed by atoms with van der Waals surface area (Å²) in [6.07, 6.45) is 11.2. The molecular formula is C20H29N3OS. The summed E-state index contributed by atoms with van der Waals surface area (Å²) < 4.78 is 3.44. The first-order chi connectivity index (χ1) is 12.1. The van der Waals surface area contributed by atoms with Crippen molar-refractivity contribution in [3.8, 4) is 0 Å². The fraction of sp³-hybridized carbons (Fsp3) is 0.650. The molecule has 1 amide bonds. The van der Waals surface area contributed by atoms with E-state index in [1.807, 2.05) is 0 Å². The largest absolute Gasteiger partial charge is 0.350 e. The molecule has 1 aliphatic heterocycles. The molecule has 0 atom stereocenters. The van der Waals surface area contributed by atoms with Crippen LogP contribution < -0.4 is 0 Å². The molecule has 0 aromatic carbocycles. The molecule has 5 heteroatoms. The van der Waals surface area contributed by atoms with E-state index in [0.29, 0.717) is 6.04 Å². The molecule has 3 heterocycles. The molecule has 2 aliphatic rings. The Morgan fingerprint density at radius 1 is 1.08 bits per heavy atom. The average molecular weight is 360 g/mol. The summed E-state index contributed by atoms with van der Waals surface area (Å²) in [6, 6.07) is 3.31. The molecule has 0 unspecified atom stereocenters. The van der Waals surface area contributed by atoms with Crippen molar-refractivity contribution in [2.24, 2.45) is 0 Å². The maximum atomic E-state index is 12.9. The van der Waals surface area contributed by atoms with Gasteiger partial charge in [0.1, 0.15) is 0 Å².